The molecular formula is C17H27NO5. The summed E-state index contributed by atoms with van der Waals surface area (Å²) in [5, 5.41) is 0. The zero-order valence-electron chi connectivity index (χ0n) is 14.5. The van der Waals surface area contributed by atoms with Crippen molar-refractivity contribution in [3.05, 3.63) is 0 Å². The molecule has 0 aromatic rings. The Morgan fingerprint density at radius 1 is 1.26 bits per heavy atom. The number of Topliss-reactive ketones (excluding diaryl/α,β-unsaturated/α-hetero) is 1. The largest absolute Gasteiger partial charge is 0.465 e. The monoisotopic (exact) mass is 325 g/mol. The van der Waals surface area contributed by atoms with Crippen LogP contribution >= 0.6 is 0 Å². The second kappa shape index (κ2) is 6.49. The molecule has 1 heterocycles. The van der Waals surface area contributed by atoms with Crippen LogP contribution in [0.15, 0.2) is 0 Å². The van der Waals surface area contributed by atoms with Crippen molar-refractivity contribution in [1.29, 1.82) is 0 Å². The van der Waals surface area contributed by atoms with E-state index in [1.54, 1.807) is 11.8 Å². The van der Waals surface area contributed by atoms with E-state index in [9.17, 15) is 14.4 Å². The zero-order chi connectivity index (χ0) is 17.3. The highest BCUT2D eigenvalue weighted by Crippen LogP contribution is 2.47. The Bertz CT molecular complexity index is 486. The minimum atomic E-state index is -0.622. The van der Waals surface area contributed by atoms with Crippen LogP contribution in [-0.4, -0.2) is 48.0 Å². The maximum Gasteiger partial charge on any atom is 0.410 e. The summed E-state index contributed by atoms with van der Waals surface area (Å²) >= 11 is 0. The minimum Gasteiger partial charge on any atom is -0.465 e. The van der Waals surface area contributed by atoms with E-state index in [-0.39, 0.29) is 17.3 Å². The molecule has 6 heteroatoms. The quantitative estimate of drug-likeness (QED) is 0.576. The first kappa shape index (κ1) is 17.8. The van der Waals surface area contributed by atoms with Crippen LogP contribution < -0.4 is 0 Å². The molecule has 0 radical (unpaired) electrons. The second-order valence-corrected chi connectivity index (χ2v) is 7.62. The SMILES string of the molecule is CCOC(=O)C1CC2(CCN(C(=O)OC(C)(C)C)CC2)CC1=O. The van der Waals surface area contributed by atoms with Crippen LogP contribution in [0.25, 0.3) is 0 Å². The first-order chi connectivity index (χ1) is 10.7. The Labute approximate surface area is 137 Å². The molecule has 0 aromatic heterocycles. The summed E-state index contributed by atoms with van der Waals surface area (Å²) in [5.41, 5.74) is -0.669. The molecule has 1 aliphatic heterocycles. The molecule has 2 aliphatic rings. The summed E-state index contributed by atoms with van der Waals surface area (Å²) in [5.74, 6) is -1.04. The van der Waals surface area contributed by atoms with E-state index < -0.39 is 17.5 Å². The van der Waals surface area contributed by atoms with Crippen LogP contribution in [0.2, 0.25) is 0 Å². The Balaban J connectivity index is 1.92. The van der Waals surface area contributed by atoms with Gasteiger partial charge in [0.25, 0.3) is 0 Å². The van der Waals surface area contributed by atoms with Crippen molar-refractivity contribution in [2.75, 3.05) is 19.7 Å². The van der Waals surface area contributed by atoms with Gasteiger partial charge in [-0.15, -0.1) is 0 Å². The smallest absolute Gasteiger partial charge is 0.410 e. The maximum absolute atomic E-state index is 12.2. The summed E-state index contributed by atoms with van der Waals surface area (Å²) < 4.78 is 10.4. The van der Waals surface area contributed by atoms with Crippen LogP contribution in [-0.2, 0) is 19.1 Å². The number of esters is 1. The normalized spacial score (nSPS) is 23.9. The lowest BCUT2D eigenvalue weighted by Gasteiger charge is -2.39. The number of hydrogen-bond acceptors (Lipinski definition) is 5. The van der Waals surface area contributed by atoms with Crippen LogP contribution in [0.5, 0.6) is 0 Å². The molecule has 1 saturated heterocycles. The molecule has 1 atom stereocenters. The van der Waals surface area contributed by atoms with Crippen LogP contribution in [0.1, 0.15) is 53.4 Å². The molecule has 23 heavy (non-hydrogen) atoms. The predicted molar refractivity (Wildman–Crippen MR) is 83.8 cm³/mol. The van der Waals surface area contributed by atoms with E-state index in [4.69, 9.17) is 9.47 Å². The van der Waals surface area contributed by atoms with Gasteiger partial charge in [-0.25, -0.2) is 4.79 Å². The highest BCUT2D eigenvalue weighted by Gasteiger charge is 2.49. The number of carbonyl (C=O) groups excluding carboxylic acids is 3. The molecule has 0 bridgehead atoms. The van der Waals surface area contributed by atoms with Crippen molar-refractivity contribution in [2.45, 2.75) is 59.0 Å². The number of rotatable bonds is 2. The first-order valence-electron chi connectivity index (χ1n) is 8.33. The van der Waals surface area contributed by atoms with Crippen molar-refractivity contribution in [3.8, 4) is 0 Å². The van der Waals surface area contributed by atoms with E-state index in [1.165, 1.54) is 0 Å². The lowest BCUT2D eigenvalue weighted by molar-refractivity contribution is -0.150. The molecule has 2 rings (SSSR count). The van der Waals surface area contributed by atoms with Gasteiger partial charge in [-0.3, -0.25) is 9.59 Å². The van der Waals surface area contributed by atoms with Crippen LogP contribution in [0, 0.1) is 11.3 Å². The summed E-state index contributed by atoms with van der Waals surface area (Å²) in [7, 11) is 0. The second-order valence-electron chi connectivity index (χ2n) is 7.62. The third-order valence-electron chi connectivity index (χ3n) is 4.62. The molecule has 2 fully saturated rings. The van der Waals surface area contributed by atoms with Crippen molar-refractivity contribution < 1.29 is 23.9 Å². The van der Waals surface area contributed by atoms with E-state index >= 15 is 0 Å². The highest BCUT2D eigenvalue weighted by molar-refractivity contribution is 6.01. The third-order valence-corrected chi connectivity index (χ3v) is 4.62. The van der Waals surface area contributed by atoms with Gasteiger partial charge in [0.05, 0.1) is 6.61 Å². The van der Waals surface area contributed by atoms with Crippen molar-refractivity contribution >= 4 is 17.8 Å². The fourth-order valence-electron chi connectivity index (χ4n) is 3.44. The van der Waals surface area contributed by atoms with Crippen LogP contribution in [0.4, 0.5) is 4.79 Å². The molecule has 1 saturated carbocycles. The van der Waals surface area contributed by atoms with Crippen molar-refractivity contribution in [3.63, 3.8) is 0 Å². The van der Waals surface area contributed by atoms with Crippen LogP contribution in [0.3, 0.4) is 0 Å². The number of ketones is 1. The van der Waals surface area contributed by atoms with Gasteiger partial charge in [0.1, 0.15) is 17.3 Å². The number of amides is 1. The maximum atomic E-state index is 12.2. The topological polar surface area (TPSA) is 72.9 Å². The predicted octanol–water partition coefficient (Wildman–Crippen LogP) is 2.55. The minimum absolute atomic E-state index is 0.0193. The van der Waals surface area contributed by atoms with E-state index in [0.29, 0.717) is 32.5 Å². The Morgan fingerprint density at radius 2 is 1.87 bits per heavy atom. The number of piperidine rings is 1. The number of likely N-dealkylation sites (tertiary alicyclic amines) is 1. The average molecular weight is 325 g/mol. The summed E-state index contributed by atoms with van der Waals surface area (Å²) in [6.45, 7) is 8.70. The molecule has 0 aromatic carbocycles. The van der Waals surface area contributed by atoms with Gasteiger partial charge >= 0.3 is 12.1 Å². The standard InChI is InChI=1S/C17H27NO5/c1-5-22-14(20)12-10-17(11-13(12)19)6-8-18(9-7-17)15(21)23-16(2,3)4/h12H,5-11H2,1-4H3. The lowest BCUT2D eigenvalue weighted by atomic mass is 9.76. The molecule has 6 nitrogen and oxygen atoms in total. The molecule has 1 spiro atoms. The number of nitrogens with zero attached hydrogens (tertiary/aromatic N) is 1. The van der Waals surface area contributed by atoms with E-state index in [0.717, 1.165) is 12.8 Å². The van der Waals surface area contributed by atoms with E-state index in [2.05, 4.69) is 0 Å². The van der Waals surface area contributed by atoms with Crippen molar-refractivity contribution in [2.24, 2.45) is 11.3 Å². The van der Waals surface area contributed by atoms with Gasteiger partial charge in [0.2, 0.25) is 0 Å². The Hall–Kier alpha value is -1.59. The third kappa shape index (κ3) is 4.24. The van der Waals surface area contributed by atoms with E-state index in [1.807, 2.05) is 20.8 Å². The molecule has 0 N–H and O–H groups in total. The molecular weight excluding hydrogens is 298 g/mol. The van der Waals surface area contributed by atoms with Gasteiger partial charge in [-0.1, -0.05) is 0 Å². The summed E-state index contributed by atoms with van der Waals surface area (Å²) in [4.78, 5) is 37.8. The first-order valence-corrected chi connectivity index (χ1v) is 8.33. The van der Waals surface area contributed by atoms with Gasteiger partial charge in [0, 0.05) is 19.5 Å². The zero-order valence-corrected chi connectivity index (χ0v) is 14.5. The molecule has 1 aliphatic carbocycles. The Kier molecular flexibility index (Phi) is 5.01. The van der Waals surface area contributed by atoms with Gasteiger partial charge in [-0.05, 0) is 52.4 Å². The summed E-state index contributed by atoms with van der Waals surface area (Å²) in [6.07, 6.45) is 2.12. The highest BCUT2D eigenvalue weighted by atomic mass is 16.6. The number of carbonyl (C=O) groups is 3. The average Bonchev–Trinajstić information content (AvgIpc) is 2.74. The Morgan fingerprint density at radius 3 is 2.39 bits per heavy atom. The fraction of sp³-hybridized carbons (Fsp3) is 0.824. The van der Waals surface area contributed by atoms with Gasteiger partial charge < -0.3 is 14.4 Å². The molecule has 130 valence electrons. The van der Waals surface area contributed by atoms with Gasteiger partial charge in [0.15, 0.2) is 0 Å². The van der Waals surface area contributed by atoms with Gasteiger partial charge in [-0.2, -0.15) is 0 Å². The fourth-order valence-corrected chi connectivity index (χ4v) is 3.44. The molecule has 1 unspecified atom stereocenters. The van der Waals surface area contributed by atoms with Crippen molar-refractivity contribution in [1.82, 2.24) is 4.90 Å². The lowest BCUT2D eigenvalue weighted by Crippen LogP contribution is -2.44. The molecule has 1 amide bonds. The number of ether oxygens (including phenoxy) is 2. The summed E-state index contributed by atoms with van der Waals surface area (Å²) in [6, 6.07) is 0. The number of hydrogen-bond donors (Lipinski definition) is 0.